The third-order valence-corrected chi connectivity index (χ3v) is 4.69. The van der Waals surface area contributed by atoms with Crippen molar-refractivity contribution in [3.8, 4) is 5.75 Å². The summed E-state index contributed by atoms with van der Waals surface area (Å²) >= 11 is 3.55. The van der Waals surface area contributed by atoms with Gasteiger partial charge in [-0.2, -0.15) is 4.99 Å². The van der Waals surface area contributed by atoms with Crippen molar-refractivity contribution in [3.63, 3.8) is 0 Å². The molecule has 3 nitrogen and oxygen atoms in total. The van der Waals surface area contributed by atoms with Crippen LogP contribution in [0.25, 0.3) is 0 Å². The molecule has 0 aromatic heterocycles. The fourth-order valence-corrected chi connectivity index (χ4v) is 3.03. The van der Waals surface area contributed by atoms with Gasteiger partial charge in [-0.3, -0.25) is 0 Å². The molecule has 3 rings (SSSR count). The van der Waals surface area contributed by atoms with Crippen LogP contribution in [0.4, 0.5) is 0 Å². The molecule has 0 saturated heterocycles. The number of halogens is 1. The molecule has 2 aliphatic rings. The molecule has 0 spiro atoms. The molecule has 1 aromatic carbocycles. The van der Waals surface area contributed by atoms with Crippen LogP contribution in [-0.2, 0) is 10.3 Å². The quantitative estimate of drug-likeness (QED) is 0.608. The van der Waals surface area contributed by atoms with Crippen LogP contribution in [-0.4, -0.2) is 12.7 Å². The Bertz CT molecular complexity index is 529. The van der Waals surface area contributed by atoms with Crippen LogP contribution in [0.2, 0.25) is 0 Å². The summed E-state index contributed by atoms with van der Waals surface area (Å²) in [4.78, 5) is 14.8. The summed E-state index contributed by atoms with van der Waals surface area (Å²) in [6, 6.07) is 5.97. The van der Waals surface area contributed by atoms with Crippen LogP contribution in [0.3, 0.4) is 0 Å². The Labute approximate surface area is 121 Å². The second-order valence-electron chi connectivity index (χ2n) is 5.46. The molecule has 1 aromatic rings. The van der Waals surface area contributed by atoms with Gasteiger partial charge in [-0.15, -0.1) is 0 Å². The molecular weight excluding hydrogens is 306 g/mol. The van der Waals surface area contributed by atoms with E-state index in [-0.39, 0.29) is 0 Å². The number of hydrogen-bond acceptors (Lipinski definition) is 3. The van der Waals surface area contributed by atoms with Gasteiger partial charge in [0, 0.05) is 5.56 Å². The standard InChI is InChI=1S/C15H16BrNO2/c16-13-4-1-3-12(14(13)19-9-11-5-6-11)15(17-10-18)7-2-8-15/h1,3-4,11H,2,5-9H2. The van der Waals surface area contributed by atoms with E-state index in [4.69, 9.17) is 4.74 Å². The minimum atomic E-state index is -0.398. The third kappa shape index (κ3) is 2.47. The van der Waals surface area contributed by atoms with Gasteiger partial charge in [-0.25, -0.2) is 4.79 Å². The molecular formula is C15H16BrNO2. The van der Waals surface area contributed by atoms with E-state index in [1.54, 1.807) is 6.08 Å². The second kappa shape index (κ2) is 5.10. The number of hydrogen-bond donors (Lipinski definition) is 0. The minimum Gasteiger partial charge on any atom is -0.492 e. The highest BCUT2D eigenvalue weighted by Gasteiger charge is 2.41. The van der Waals surface area contributed by atoms with Crippen molar-refractivity contribution in [2.45, 2.75) is 37.6 Å². The van der Waals surface area contributed by atoms with E-state index >= 15 is 0 Å². The highest BCUT2D eigenvalue weighted by Crippen LogP contribution is 2.50. The molecule has 0 aliphatic heterocycles. The highest BCUT2D eigenvalue weighted by molar-refractivity contribution is 9.10. The number of para-hydroxylation sites is 1. The molecule has 2 aliphatic carbocycles. The Morgan fingerprint density at radius 2 is 2.21 bits per heavy atom. The van der Waals surface area contributed by atoms with Gasteiger partial charge >= 0.3 is 0 Å². The van der Waals surface area contributed by atoms with Crippen LogP contribution in [0.15, 0.2) is 27.7 Å². The fourth-order valence-electron chi connectivity index (χ4n) is 2.55. The predicted octanol–water partition coefficient (Wildman–Crippen LogP) is 3.95. The van der Waals surface area contributed by atoms with E-state index in [0.29, 0.717) is 5.92 Å². The molecule has 100 valence electrons. The first-order chi connectivity index (χ1) is 9.25. The summed E-state index contributed by atoms with van der Waals surface area (Å²) in [5.74, 6) is 1.56. The highest BCUT2D eigenvalue weighted by atomic mass is 79.9. The largest absolute Gasteiger partial charge is 0.492 e. The Hall–Kier alpha value is -1.12. The number of rotatable bonds is 5. The van der Waals surface area contributed by atoms with Crippen molar-refractivity contribution in [2.75, 3.05) is 6.61 Å². The number of ether oxygens (including phenoxy) is 1. The first-order valence-corrected chi connectivity index (χ1v) is 7.55. The van der Waals surface area contributed by atoms with E-state index in [0.717, 1.165) is 41.7 Å². The van der Waals surface area contributed by atoms with E-state index in [2.05, 4.69) is 20.9 Å². The van der Waals surface area contributed by atoms with Crippen LogP contribution >= 0.6 is 15.9 Å². The molecule has 0 amide bonds. The number of carbonyl (C=O) groups excluding carboxylic acids is 1. The zero-order valence-corrected chi connectivity index (χ0v) is 12.3. The average molecular weight is 322 g/mol. The van der Waals surface area contributed by atoms with Crippen molar-refractivity contribution < 1.29 is 9.53 Å². The Morgan fingerprint density at radius 1 is 1.42 bits per heavy atom. The van der Waals surface area contributed by atoms with Gasteiger partial charge in [-0.05, 0) is 60.0 Å². The van der Waals surface area contributed by atoms with Gasteiger partial charge in [-0.1, -0.05) is 12.1 Å². The maximum atomic E-state index is 10.7. The van der Waals surface area contributed by atoms with Gasteiger partial charge in [0.05, 0.1) is 11.1 Å². The minimum absolute atomic E-state index is 0.398. The van der Waals surface area contributed by atoms with Crippen molar-refractivity contribution in [1.82, 2.24) is 0 Å². The lowest BCUT2D eigenvalue weighted by atomic mass is 9.72. The van der Waals surface area contributed by atoms with Crippen molar-refractivity contribution in [3.05, 3.63) is 28.2 Å². The zero-order chi connectivity index (χ0) is 13.3. The van der Waals surface area contributed by atoms with Gasteiger partial charge in [0.15, 0.2) is 0 Å². The first kappa shape index (κ1) is 12.9. The first-order valence-electron chi connectivity index (χ1n) is 6.76. The Kier molecular flexibility index (Phi) is 3.46. The summed E-state index contributed by atoms with van der Waals surface area (Å²) in [6.07, 6.45) is 7.16. The van der Waals surface area contributed by atoms with E-state index < -0.39 is 5.54 Å². The lowest BCUT2D eigenvalue weighted by Crippen LogP contribution is -2.32. The SMILES string of the molecule is O=C=NC1(c2cccc(Br)c2OCC2CC2)CCC1. The number of isocyanates is 1. The van der Waals surface area contributed by atoms with Gasteiger partial charge in [0.25, 0.3) is 0 Å². The van der Waals surface area contributed by atoms with Crippen molar-refractivity contribution >= 4 is 22.0 Å². The third-order valence-electron chi connectivity index (χ3n) is 4.07. The Morgan fingerprint density at radius 3 is 2.79 bits per heavy atom. The summed E-state index contributed by atoms with van der Waals surface area (Å²) < 4.78 is 6.93. The van der Waals surface area contributed by atoms with Gasteiger partial charge in [0.2, 0.25) is 6.08 Å². The molecule has 0 atom stereocenters. The summed E-state index contributed by atoms with van der Waals surface area (Å²) in [5, 5.41) is 0. The van der Waals surface area contributed by atoms with E-state index in [9.17, 15) is 4.79 Å². The lowest BCUT2D eigenvalue weighted by Gasteiger charge is -2.38. The maximum absolute atomic E-state index is 10.7. The Balaban J connectivity index is 1.94. The number of nitrogens with zero attached hydrogens (tertiary/aromatic N) is 1. The molecule has 0 radical (unpaired) electrons. The van der Waals surface area contributed by atoms with Crippen LogP contribution < -0.4 is 4.74 Å². The summed E-state index contributed by atoms with van der Waals surface area (Å²) in [7, 11) is 0. The number of aliphatic imine (C=N–C) groups is 1. The number of benzene rings is 1. The van der Waals surface area contributed by atoms with Crippen LogP contribution in [0.5, 0.6) is 5.75 Å². The average Bonchev–Trinajstić information content (AvgIpc) is 3.16. The fraction of sp³-hybridized carbons (Fsp3) is 0.533. The van der Waals surface area contributed by atoms with Crippen molar-refractivity contribution in [1.29, 1.82) is 0 Å². The van der Waals surface area contributed by atoms with Gasteiger partial charge in [0.1, 0.15) is 11.3 Å². The molecule has 0 unspecified atom stereocenters. The summed E-state index contributed by atoms with van der Waals surface area (Å²) in [5.41, 5.74) is 0.627. The predicted molar refractivity (Wildman–Crippen MR) is 76.0 cm³/mol. The molecule has 4 heteroatoms. The lowest BCUT2D eigenvalue weighted by molar-refractivity contribution is 0.233. The zero-order valence-electron chi connectivity index (χ0n) is 10.7. The molecule has 19 heavy (non-hydrogen) atoms. The molecule has 2 saturated carbocycles. The van der Waals surface area contributed by atoms with Gasteiger partial charge < -0.3 is 4.74 Å². The molecule has 2 fully saturated rings. The van der Waals surface area contributed by atoms with Crippen LogP contribution in [0, 0.1) is 5.92 Å². The molecule has 0 N–H and O–H groups in total. The molecule has 0 heterocycles. The van der Waals surface area contributed by atoms with Crippen LogP contribution in [0.1, 0.15) is 37.7 Å². The molecule has 0 bridgehead atoms. The smallest absolute Gasteiger partial charge is 0.235 e. The topological polar surface area (TPSA) is 38.7 Å². The monoisotopic (exact) mass is 321 g/mol. The maximum Gasteiger partial charge on any atom is 0.235 e. The van der Waals surface area contributed by atoms with E-state index in [1.807, 2.05) is 18.2 Å². The van der Waals surface area contributed by atoms with E-state index in [1.165, 1.54) is 12.8 Å². The summed E-state index contributed by atoms with van der Waals surface area (Å²) in [6.45, 7) is 0.760. The second-order valence-corrected chi connectivity index (χ2v) is 6.31. The van der Waals surface area contributed by atoms with Crippen molar-refractivity contribution in [2.24, 2.45) is 10.9 Å². The normalized spacial score (nSPS) is 20.3.